The third-order valence-electron chi connectivity index (χ3n) is 8.39. The number of para-hydroxylation sites is 2. The van der Waals surface area contributed by atoms with E-state index >= 15 is 0 Å². The van der Waals surface area contributed by atoms with E-state index in [1.54, 1.807) is 18.2 Å². The second-order valence-corrected chi connectivity index (χ2v) is 11.5. The number of benzene rings is 4. The number of anilines is 2. The van der Waals surface area contributed by atoms with Gasteiger partial charge in [0.2, 0.25) is 0 Å². The van der Waals surface area contributed by atoms with Crippen LogP contribution in [0, 0.1) is 12.8 Å². The normalized spacial score (nSPS) is 13.4. The SMILES string of the molecule is COC(=O)C(Cc1ccc(OCCCN(CC2CCC2)c2ccccc2C)cc1)Nc1ccccc1C(=O)c1ccccc1. The van der Waals surface area contributed by atoms with Crippen molar-refractivity contribution in [2.75, 3.05) is 37.0 Å². The molecule has 0 radical (unpaired) electrons. The summed E-state index contributed by atoms with van der Waals surface area (Å²) in [5, 5.41) is 3.27. The van der Waals surface area contributed by atoms with Crippen LogP contribution in [0.1, 0.15) is 52.7 Å². The minimum absolute atomic E-state index is 0.108. The molecule has 0 heterocycles. The molecule has 5 rings (SSSR count). The highest BCUT2D eigenvalue weighted by atomic mass is 16.5. The zero-order valence-electron chi connectivity index (χ0n) is 25.7. The maximum absolute atomic E-state index is 13.2. The van der Waals surface area contributed by atoms with Gasteiger partial charge < -0.3 is 19.7 Å². The van der Waals surface area contributed by atoms with E-state index in [9.17, 15) is 9.59 Å². The van der Waals surface area contributed by atoms with E-state index in [-0.39, 0.29) is 5.78 Å². The molecule has 4 aromatic carbocycles. The van der Waals surface area contributed by atoms with Gasteiger partial charge in [-0.05, 0) is 73.6 Å². The number of rotatable bonds is 15. The molecule has 0 bridgehead atoms. The molecule has 1 aliphatic rings. The number of hydrogen-bond donors (Lipinski definition) is 1. The van der Waals surface area contributed by atoms with Gasteiger partial charge in [0.1, 0.15) is 11.8 Å². The Hall–Kier alpha value is -4.58. The van der Waals surface area contributed by atoms with Crippen molar-refractivity contribution in [3.05, 3.63) is 125 Å². The highest BCUT2D eigenvalue weighted by Gasteiger charge is 2.23. The van der Waals surface area contributed by atoms with Gasteiger partial charge in [-0.15, -0.1) is 0 Å². The Labute approximate surface area is 261 Å². The van der Waals surface area contributed by atoms with Crippen molar-refractivity contribution in [1.29, 1.82) is 0 Å². The summed E-state index contributed by atoms with van der Waals surface area (Å²) in [5.41, 5.74) is 5.28. The molecule has 1 atom stereocenters. The Kier molecular flexibility index (Phi) is 10.7. The van der Waals surface area contributed by atoms with Gasteiger partial charge in [-0.25, -0.2) is 4.79 Å². The average molecular weight is 591 g/mol. The molecule has 6 heteroatoms. The summed E-state index contributed by atoms with van der Waals surface area (Å²) in [6.45, 7) is 4.88. The first kappa shape index (κ1) is 30.9. The first-order valence-electron chi connectivity index (χ1n) is 15.6. The fraction of sp³-hybridized carbons (Fsp3) is 0.316. The number of aryl methyl sites for hydroxylation is 1. The molecule has 4 aromatic rings. The van der Waals surface area contributed by atoms with Gasteiger partial charge in [-0.3, -0.25) is 4.79 Å². The lowest BCUT2D eigenvalue weighted by molar-refractivity contribution is -0.141. The first-order valence-corrected chi connectivity index (χ1v) is 15.6. The van der Waals surface area contributed by atoms with Crippen LogP contribution < -0.4 is 15.0 Å². The average Bonchev–Trinajstić information content (AvgIpc) is 3.04. The van der Waals surface area contributed by atoms with E-state index in [4.69, 9.17) is 9.47 Å². The number of ketones is 1. The smallest absolute Gasteiger partial charge is 0.328 e. The zero-order chi connectivity index (χ0) is 30.7. The van der Waals surface area contributed by atoms with Gasteiger partial charge in [0.25, 0.3) is 0 Å². The van der Waals surface area contributed by atoms with Crippen LogP contribution in [-0.2, 0) is 16.0 Å². The van der Waals surface area contributed by atoms with E-state index in [2.05, 4.69) is 41.4 Å². The summed E-state index contributed by atoms with van der Waals surface area (Å²) in [5.74, 6) is 1.09. The van der Waals surface area contributed by atoms with Gasteiger partial charge in [0.05, 0.1) is 13.7 Å². The van der Waals surface area contributed by atoms with Gasteiger partial charge in [-0.1, -0.05) is 79.2 Å². The summed E-state index contributed by atoms with van der Waals surface area (Å²) in [7, 11) is 1.38. The quantitative estimate of drug-likeness (QED) is 0.0879. The number of carbonyl (C=O) groups excluding carboxylic acids is 2. The minimum atomic E-state index is -0.667. The number of ether oxygens (including phenoxy) is 2. The molecule has 0 amide bonds. The number of methoxy groups -OCH3 is 1. The van der Waals surface area contributed by atoms with Gasteiger partial charge >= 0.3 is 5.97 Å². The van der Waals surface area contributed by atoms with Crippen molar-refractivity contribution in [2.24, 2.45) is 5.92 Å². The van der Waals surface area contributed by atoms with Crippen molar-refractivity contribution in [2.45, 2.75) is 45.1 Å². The second-order valence-electron chi connectivity index (χ2n) is 11.5. The van der Waals surface area contributed by atoms with Gasteiger partial charge in [-0.2, -0.15) is 0 Å². The number of nitrogens with one attached hydrogen (secondary N) is 1. The van der Waals surface area contributed by atoms with E-state index in [0.29, 0.717) is 29.8 Å². The van der Waals surface area contributed by atoms with Crippen LogP contribution in [0.2, 0.25) is 0 Å². The third-order valence-corrected chi connectivity index (χ3v) is 8.39. The maximum Gasteiger partial charge on any atom is 0.328 e. The summed E-state index contributed by atoms with van der Waals surface area (Å²) in [6.07, 6.45) is 5.33. The maximum atomic E-state index is 13.2. The lowest BCUT2D eigenvalue weighted by Gasteiger charge is -2.34. The third kappa shape index (κ3) is 8.07. The number of carbonyl (C=O) groups is 2. The molecule has 1 unspecified atom stereocenters. The molecule has 6 nitrogen and oxygen atoms in total. The van der Waals surface area contributed by atoms with Crippen LogP contribution in [0.4, 0.5) is 11.4 Å². The Balaban J connectivity index is 1.17. The van der Waals surface area contributed by atoms with E-state index < -0.39 is 12.0 Å². The molecule has 0 saturated heterocycles. The van der Waals surface area contributed by atoms with E-state index in [1.165, 1.54) is 37.6 Å². The van der Waals surface area contributed by atoms with Crippen molar-refractivity contribution in [3.8, 4) is 5.75 Å². The molecule has 0 aliphatic heterocycles. The van der Waals surface area contributed by atoms with Crippen LogP contribution in [0.25, 0.3) is 0 Å². The monoisotopic (exact) mass is 590 g/mol. The number of hydrogen-bond acceptors (Lipinski definition) is 6. The lowest BCUT2D eigenvalue weighted by atomic mass is 9.85. The Morgan fingerprint density at radius 2 is 1.59 bits per heavy atom. The molecule has 0 aromatic heterocycles. The minimum Gasteiger partial charge on any atom is -0.494 e. The molecule has 228 valence electrons. The predicted octanol–water partition coefficient (Wildman–Crippen LogP) is 7.50. The number of nitrogens with zero attached hydrogens (tertiary/aromatic N) is 1. The molecule has 1 saturated carbocycles. The Morgan fingerprint density at radius 3 is 2.30 bits per heavy atom. The van der Waals surface area contributed by atoms with Gasteiger partial charge in [0.15, 0.2) is 5.78 Å². The lowest BCUT2D eigenvalue weighted by Crippen LogP contribution is -2.34. The van der Waals surface area contributed by atoms with Crippen LogP contribution in [0.3, 0.4) is 0 Å². The fourth-order valence-electron chi connectivity index (χ4n) is 5.69. The summed E-state index contributed by atoms with van der Waals surface area (Å²) in [4.78, 5) is 28.5. The van der Waals surface area contributed by atoms with E-state index in [1.807, 2.05) is 60.7 Å². The Morgan fingerprint density at radius 1 is 0.886 bits per heavy atom. The molecule has 44 heavy (non-hydrogen) atoms. The largest absolute Gasteiger partial charge is 0.494 e. The van der Waals surface area contributed by atoms with Crippen LogP contribution in [0.15, 0.2) is 103 Å². The standard InChI is InChI=1S/C38H42N2O4/c1-28-12-6-9-19-36(28)40(27-30-13-10-14-30)24-11-25-44-32-22-20-29(21-23-32)26-35(38(42)43-2)39-34-18-8-7-17-33(34)37(41)31-15-4-3-5-16-31/h3-9,12,15-23,30,35,39H,10-11,13-14,24-27H2,1-2H3. The molecule has 1 N–H and O–H groups in total. The van der Waals surface area contributed by atoms with Crippen molar-refractivity contribution < 1.29 is 19.1 Å². The molecule has 0 spiro atoms. The highest BCUT2D eigenvalue weighted by molar-refractivity contribution is 6.12. The van der Waals surface area contributed by atoms with Crippen LogP contribution in [-0.4, -0.2) is 44.6 Å². The molecular formula is C38H42N2O4. The highest BCUT2D eigenvalue weighted by Crippen LogP contribution is 2.30. The summed E-state index contributed by atoms with van der Waals surface area (Å²) < 4.78 is 11.2. The molecular weight excluding hydrogens is 548 g/mol. The van der Waals surface area contributed by atoms with Crippen molar-refractivity contribution in [1.82, 2.24) is 0 Å². The Bertz CT molecular complexity index is 1520. The topological polar surface area (TPSA) is 67.9 Å². The van der Waals surface area contributed by atoms with E-state index in [0.717, 1.165) is 36.7 Å². The second kappa shape index (κ2) is 15.2. The first-order chi connectivity index (χ1) is 21.5. The van der Waals surface area contributed by atoms with Gasteiger partial charge in [0, 0.05) is 42.0 Å². The van der Waals surface area contributed by atoms with Crippen LogP contribution in [0.5, 0.6) is 5.75 Å². The molecule has 1 fully saturated rings. The fourth-order valence-corrected chi connectivity index (χ4v) is 5.69. The predicted molar refractivity (Wildman–Crippen MR) is 177 cm³/mol. The number of esters is 1. The van der Waals surface area contributed by atoms with Crippen molar-refractivity contribution in [3.63, 3.8) is 0 Å². The zero-order valence-corrected chi connectivity index (χ0v) is 25.7. The summed E-state index contributed by atoms with van der Waals surface area (Å²) >= 11 is 0. The van der Waals surface area contributed by atoms with Crippen molar-refractivity contribution >= 4 is 23.1 Å². The van der Waals surface area contributed by atoms with Crippen LogP contribution >= 0.6 is 0 Å². The summed E-state index contributed by atoms with van der Waals surface area (Å²) in [6, 6.07) is 32.2. The molecule has 1 aliphatic carbocycles.